The SMILES string of the molecule is CC(=O)N[C@H](Cc1ccccc1)C(=O)N1CCC[C@H]1C(=O)N[C@@H](CCCN=C(N)N)P(=O)(Oc1ccccc1)Oc1ccccc1. The van der Waals surface area contributed by atoms with Gasteiger partial charge in [0.1, 0.15) is 23.6 Å². The van der Waals surface area contributed by atoms with Crippen molar-refractivity contribution in [3.05, 3.63) is 96.6 Å². The first-order valence-corrected chi connectivity index (χ1v) is 16.8. The molecule has 3 aromatic rings. The monoisotopic (exact) mass is 648 g/mol. The molecule has 0 unspecified atom stereocenters. The van der Waals surface area contributed by atoms with E-state index in [9.17, 15) is 18.9 Å². The van der Waals surface area contributed by atoms with E-state index < -0.39 is 31.4 Å². The van der Waals surface area contributed by atoms with Crippen LogP contribution in [0.4, 0.5) is 0 Å². The van der Waals surface area contributed by atoms with Gasteiger partial charge in [-0.2, -0.15) is 0 Å². The predicted octanol–water partition coefficient (Wildman–Crippen LogP) is 3.57. The van der Waals surface area contributed by atoms with Gasteiger partial charge in [-0.15, -0.1) is 0 Å². The van der Waals surface area contributed by atoms with E-state index in [0.717, 1.165) is 5.56 Å². The molecular weight excluding hydrogens is 607 g/mol. The summed E-state index contributed by atoms with van der Waals surface area (Å²) in [4.78, 5) is 45.4. The van der Waals surface area contributed by atoms with Gasteiger partial charge in [0.15, 0.2) is 11.7 Å². The highest BCUT2D eigenvalue weighted by Gasteiger charge is 2.44. The Morgan fingerprint density at radius 3 is 2.02 bits per heavy atom. The number of nitrogens with one attached hydrogen (secondary N) is 2. The minimum Gasteiger partial charge on any atom is -0.415 e. The van der Waals surface area contributed by atoms with Crippen molar-refractivity contribution in [2.45, 2.75) is 56.9 Å². The minimum absolute atomic E-state index is 0.0887. The number of para-hydroxylation sites is 2. The molecule has 244 valence electrons. The number of carbonyl (C=O) groups is 3. The Balaban J connectivity index is 1.60. The summed E-state index contributed by atoms with van der Waals surface area (Å²) in [6.45, 7) is 1.90. The van der Waals surface area contributed by atoms with Gasteiger partial charge < -0.3 is 36.0 Å². The summed E-state index contributed by atoms with van der Waals surface area (Å²) < 4.78 is 26.8. The third-order valence-electron chi connectivity index (χ3n) is 7.37. The van der Waals surface area contributed by atoms with Crippen molar-refractivity contribution < 1.29 is 28.0 Å². The van der Waals surface area contributed by atoms with E-state index in [1.165, 1.54) is 11.8 Å². The maximum atomic E-state index is 14.7. The van der Waals surface area contributed by atoms with Gasteiger partial charge in [0.25, 0.3) is 0 Å². The maximum Gasteiger partial charge on any atom is 0.452 e. The quantitative estimate of drug-likeness (QED) is 0.0836. The van der Waals surface area contributed by atoms with Crippen molar-refractivity contribution in [1.82, 2.24) is 15.5 Å². The number of aliphatic imine (C=N–C) groups is 1. The lowest BCUT2D eigenvalue weighted by atomic mass is 10.0. The second-order valence-corrected chi connectivity index (χ2v) is 13.0. The Kier molecular flexibility index (Phi) is 12.2. The average molecular weight is 649 g/mol. The molecule has 6 N–H and O–H groups in total. The molecule has 1 heterocycles. The zero-order valence-corrected chi connectivity index (χ0v) is 26.7. The zero-order chi connectivity index (χ0) is 32.9. The van der Waals surface area contributed by atoms with Crippen molar-refractivity contribution in [2.24, 2.45) is 16.5 Å². The van der Waals surface area contributed by atoms with Crippen LogP contribution in [0.15, 0.2) is 96.0 Å². The molecule has 46 heavy (non-hydrogen) atoms. The minimum atomic E-state index is -4.16. The van der Waals surface area contributed by atoms with Crippen LogP contribution in [-0.2, 0) is 25.4 Å². The average Bonchev–Trinajstić information content (AvgIpc) is 3.53. The Labute approximate surface area is 269 Å². The van der Waals surface area contributed by atoms with Crippen LogP contribution >= 0.6 is 7.60 Å². The third-order valence-corrected chi connectivity index (χ3v) is 9.45. The second kappa shape index (κ2) is 16.5. The highest BCUT2D eigenvalue weighted by atomic mass is 31.2. The van der Waals surface area contributed by atoms with E-state index in [1.54, 1.807) is 60.7 Å². The van der Waals surface area contributed by atoms with Gasteiger partial charge >= 0.3 is 7.60 Å². The molecule has 1 aliphatic heterocycles. The van der Waals surface area contributed by atoms with Crippen molar-refractivity contribution in [3.63, 3.8) is 0 Å². The molecule has 0 aromatic heterocycles. The molecule has 0 saturated carbocycles. The van der Waals surface area contributed by atoms with E-state index in [4.69, 9.17) is 20.5 Å². The largest absolute Gasteiger partial charge is 0.452 e. The highest BCUT2D eigenvalue weighted by molar-refractivity contribution is 7.55. The van der Waals surface area contributed by atoms with Gasteiger partial charge in [0.2, 0.25) is 17.7 Å². The van der Waals surface area contributed by atoms with Crippen LogP contribution in [-0.4, -0.2) is 59.5 Å². The standard InChI is InChI=1S/C33H41N6O6P/c1-24(40)37-28(23-25-13-5-2-6-14-25)32(42)39-22-12-19-29(39)31(41)38-30(20-11-21-36-33(34)35)46(43,44-26-15-7-3-8-16-26)45-27-17-9-4-10-18-27/h2-10,13-18,28-30H,11-12,19-23H2,1H3,(H,37,40)(H,38,41)(H4,34,35,36)/t28-,29+,30-/m1/s1. The Morgan fingerprint density at radius 1 is 0.913 bits per heavy atom. The molecule has 0 bridgehead atoms. The molecule has 3 atom stereocenters. The van der Waals surface area contributed by atoms with E-state index in [2.05, 4.69) is 15.6 Å². The number of hydrogen-bond acceptors (Lipinski definition) is 7. The van der Waals surface area contributed by atoms with Crippen LogP contribution in [0.25, 0.3) is 0 Å². The van der Waals surface area contributed by atoms with Crippen LogP contribution in [0.1, 0.15) is 38.2 Å². The van der Waals surface area contributed by atoms with Gasteiger partial charge in [0.05, 0.1) is 0 Å². The van der Waals surface area contributed by atoms with Crippen LogP contribution in [0.5, 0.6) is 11.5 Å². The Morgan fingerprint density at radius 2 is 1.48 bits per heavy atom. The smallest absolute Gasteiger partial charge is 0.415 e. The highest BCUT2D eigenvalue weighted by Crippen LogP contribution is 2.53. The summed E-state index contributed by atoms with van der Waals surface area (Å²) in [5.41, 5.74) is 11.9. The fraction of sp³-hybridized carbons (Fsp3) is 0.333. The number of amides is 3. The number of likely N-dealkylation sites (tertiary alicyclic amines) is 1. The first kappa shape index (κ1) is 34.1. The molecule has 13 heteroatoms. The molecule has 0 radical (unpaired) electrons. The number of hydrogen-bond donors (Lipinski definition) is 4. The van der Waals surface area contributed by atoms with E-state index >= 15 is 0 Å². The molecular formula is C33H41N6O6P. The molecule has 1 fully saturated rings. The second-order valence-electron chi connectivity index (χ2n) is 11.0. The van der Waals surface area contributed by atoms with Gasteiger partial charge in [0, 0.05) is 26.4 Å². The number of nitrogens with zero attached hydrogens (tertiary/aromatic N) is 2. The summed E-state index contributed by atoms with van der Waals surface area (Å²) in [7, 11) is -4.16. The van der Waals surface area contributed by atoms with Crippen LogP contribution in [0.2, 0.25) is 0 Å². The van der Waals surface area contributed by atoms with Crippen molar-refractivity contribution in [2.75, 3.05) is 13.1 Å². The van der Waals surface area contributed by atoms with Gasteiger partial charge in [-0.25, -0.2) is 4.57 Å². The van der Waals surface area contributed by atoms with E-state index in [1.807, 2.05) is 30.3 Å². The number of nitrogens with two attached hydrogens (primary N) is 2. The fourth-order valence-corrected chi connectivity index (χ4v) is 7.17. The summed E-state index contributed by atoms with van der Waals surface area (Å²) in [5, 5.41) is 5.65. The van der Waals surface area contributed by atoms with Crippen LogP contribution < -0.4 is 31.1 Å². The number of carbonyl (C=O) groups excluding carboxylic acids is 3. The lowest BCUT2D eigenvalue weighted by Crippen LogP contribution is -2.55. The Bertz CT molecular complexity index is 1480. The topological polar surface area (TPSA) is 178 Å². The first-order valence-electron chi connectivity index (χ1n) is 15.2. The summed E-state index contributed by atoms with van der Waals surface area (Å²) >= 11 is 0. The van der Waals surface area contributed by atoms with Crippen LogP contribution in [0, 0.1) is 0 Å². The predicted molar refractivity (Wildman–Crippen MR) is 176 cm³/mol. The normalized spacial score (nSPS) is 15.7. The Hall–Kier alpha value is -4.83. The zero-order valence-electron chi connectivity index (χ0n) is 25.8. The van der Waals surface area contributed by atoms with E-state index in [-0.39, 0.29) is 37.2 Å². The van der Waals surface area contributed by atoms with Gasteiger partial charge in [-0.05, 0) is 55.5 Å². The molecule has 0 spiro atoms. The van der Waals surface area contributed by atoms with Crippen molar-refractivity contribution >= 4 is 31.3 Å². The van der Waals surface area contributed by atoms with E-state index in [0.29, 0.717) is 37.3 Å². The summed E-state index contributed by atoms with van der Waals surface area (Å²) in [6, 6.07) is 24.7. The molecule has 12 nitrogen and oxygen atoms in total. The number of benzene rings is 3. The molecule has 1 saturated heterocycles. The number of rotatable bonds is 15. The molecule has 4 rings (SSSR count). The van der Waals surface area contributed by atoms with Crippen molar-refractivity contribution in [1.29, 1.82) is 0 Å². The molecule has 3 aromatic carbocycles. The first-order chi connectivity index (χ1) is 22.1. The van der Waals surface area contributed by atoms with Gasteiger partial charge in [-0.1, -0.05) is 66.7 Å². The lowest BCUT2D eigenvalue weighted by molar-refractivity contribution is -0.141. The van der Waals surface area contributed by atoms with Gasteiger partial charge in [-0.3, -0.25) is 19.4 Å². The summed E-state index contributed by atoms with van der Waals surface area (Å²) in [5.74, 6) is -1.86. The molecule has 0 aliphatic carbocycles. The number of guanidine groups is 1. The molecule has 3 amide bonds. The lowest BCUT2D eigenvalue weighted by Gasteiger charge is -2.32. The summed E-state index contributed by atoms with van der Waals surface area (Å²) in [6.07, 6.45) is 1.72. The third kappa shape index (κ3) is 9.84. The fourth-order valence-electron chi connectivity index (χ4n) is 5.26. The molecule has 1 aliphatic rings. The maximum absolute atomic E-state index is 14.7. The van der Waals surface area contributed by atoms with Crippen molar-refractivity contribution in [3.8, 4) is 11.5 Å². The van der Waals surface area contributed by atoms with Crippen LogP contribution in [0.3, 0.4) is 0 Å².